The summed E-state index contributed by atoms with van der Waals surface area (Å²) in [5.74, 6) is -2.02. The quantitative estimate of drug-likeness (QED) is 0.144. The van der Waals surface area contributed by atoms with Crippen LogP contribution in [-0.4, -0.2) is 43.7 Å². The van der Waals surface area contributed by atoms with E-state index in [2.05, 4.69) is 0 Å². The molecule has 0 N–H and O–H groups in total. The highest BCUT2D eigenvalue weighted by Crippen LogP contribution is 2.39. The molecule has 0 aromatic heterocycles. The van der Waals surface area contributed by atoms with Crippen molar-refractivity contribution in [3.8, 4) is 0 Å². The third-order valence-electron chi connectivity index (χ3n) is 9.25. The maximum atomic E-state index is 14.4. The van der Waals surface area contributed by atoms with Gasteiger partial charge in [0.25, 0.3) is 23.6 Å². The van der Waals surface area contributed by atoms with Gasteiger partial charge in [-0.2, -0.15) is 0 Å². The first-order chi connectivity index (χ1) is 24.5. The number of hydrogen-bond donors (Lipinski definition) is 0. The number of amides is 4. The normalized spacial score (nSPS) is 14.0. The molecule has 4 amide bonds. The zero-order valence-corrected chi connectivity index (χ0v) is 27.1. The van der Waals surface area contributed by atoms with Gasteiger partial charge in [0.05, 0.1) is 22.3 Å². The molecule has 8 heteroatoms. The minimum atomic E-state index is -0.504. The maximum absolute atomic E-state index is 14.4. The van der Waals surface area contributed by atoms with E-state index >= 15 is 0 Å². The molecule has 0 saturated heterocycles. The molecule has 0 fully saturated rings. The SMILES string of the molecule is O=C1c2ccc3c4c(ccc(c24)C(=O)N1N(Cc1ccccc1)Cc1ccccc1)C(=O)N(N(Cc1ccccc1)Cc1ccccc1)C3=O. The molecule has 8 rings (SSSR count). The van der Waals surface area contributed by atoms with Gasteiger partial charge < -0.3 is 0 Å². The van der Waals surface area contributed by atoms with Gasteiger partial charge in [-0.15, -0.1) is 0 Å². The van der Waals surface area contributed by atoms with Gasteiger partial charge in [0.15, 0.2) is 0 Å². The van der Waals surface area contributed by atoms with Crippen LogP contribution in [0.4, 0.5) is 0 Å². The molecule has 0 atom stereocenters. The van der Waals surface area contributed by atoms with Crippen LogP contribution in [0.25, 0.3) is 10.8 Å². The number of hydrazine groups is 2. The fourth-order valence-electron chi connectivity index (χ4n) is 6.93. The zero-order valence-electron chi connectivity index (χ0n) is 27.1. The molecule has 0 radical (unpaired) electrons. The molecule has 50 heavy (non-hydrogen) atoms. The van der Waals surface area contributed by atoms with E-state index < -0.39 is 23.6 Å². The third-order valence-corrected chi connectivity index (χ3v) is 9.25. The Labute approximate surface area is 289 Å². The Balaban J connectivity index is 1.19. The van der Waals surface area contributed by atoms with Gasteiger partial charge >= 0.3 is 0 Å². The van der Waals surface area contributed by atoms with Crippen molar-refractivity contribution in [2.75, 3.05) is 0 Å². The van der Waals surface area contributed by atoms with Gasteiger partial charge in [0.2, 0.25) is 0 Å². The van der Waals surface area contributed by atoms with Crippen LogP contribution in [0.1, 0.15) is 63.7 Å². The Bertz CT molecular complexity index is 1950. The summed E-state index contributed by atoms with van der Waals surface area (Å²) in [6.07, 6.45) is 0. The summed E-state index contributed by atoms with van der Waals surface area (Å²) in [7, 11) is 0. The minimum Gasteiger partial charge on any atom is -0.267 e. The van der Waals surface area contributed by atoms with Crippen LogP contribution in [0.3, 0.4) is 0 Å². The molecule has 2 aliphatic heterocycles. The Morgan fingerprint density at radius 1 is 0.320 bits per heavy atom. The molecule has 8 nitrogen and oxygen atoms in total. The summed E-state index contributed by atoms with van der Waals surface area (Å²) >= 11 is 0. The lowest BCUT2D eigenvalue weighted by atomic mass is 9.86. The summed E-state index contributed by atoms with van der Waals surface area (Å²) in [6.45, 7) is 1.25. The first-order valence-electron chi connectivity index (χ1n) is 16.5. The molecule has 2 aliphatic rings. The van der Waals surface area contributed by atoms with Crippen molar-refractivity contribution in [3.63, 3.8) is 0 Å². The number of rotatable bonds is 10. The second-order valence-electron chi connectivity index (χ2n) is 12.5. The highest BCUT2D eigenvalue weighted by molar-refractivity contribution is 6.33. The molecule has 0 unspecified atom stereocenters. The zero-order chi connectivity index (χ0) is 34.2. The summed E-state index contributed by atoms with van der Waals surface area (Å²) < 4.78 is 0. The standard InChI is InChI=1S/C42H32N4O4/c47-39-33-21-23-35-38-36(42(50)46(41(35)49)44(27-31-17-9-3-10-18-31)28-32-19-11-4-12-20-32)24-22-34(37(33)38)40(48)45(39)43(25-29-13-5-1-6-14-29)26-30-15-7-2-8-16-30/h1-24H,25-28H2. The summed E-state index contributed by atoms with van der Waals surface area (Å²) in [6, 6.07) is 45.2. The molecule has 6 aromatic rings. The molecule has 244 valence electrons. The Morgan fingerprint density at radius 2 is 0.540 bits per heavy atom. The van der Waals surface area contributed by atoms with E-state index in [-0.39, 0.29) is 22.3 Å². The van der Waals surface area contributed by atoms with Gasteiger partial charge in [0, 0.05) is 37.0 Å². The Hall–Kier alpha value is -6.22. The maximum Gasteiger partial charge on any atom is 0.276 e. The van der Waals surface area contributed by atoms with Crippen molar-refractivity contribution in [2.45, 2.75) is 26.2 Å². The van der Waals surface area contributed by atoms with Crippen molar-refractivity contribution < 1.29 is 19.2 Å². The van der Waals surface area contributed by atoms with Crippen molar-refractivity contribution in [1.29, 1.82) is 0 Å². The van der Waals surface area contributed by atoms with Crippen LogP contribution in [0.2, 0.25) is 0 Å². The minimum absolute atomic E-state index is 0.269. The van der Waals surface area contributed by atoms with Crippen molar-refractivity contribution >= 4 is 34.4 Å². The fourth-order valence-corrected chi connectivity index (χ4v) is 6.93. The molecule has 6 aromatic carbocycles. The second-order valence-corrected chi connectivity index (χ2v) is 12.5. The lowest BCUT2D eigenvalue weighted by Crippen LogP contribution is -2.53. The number of hydrogen-bond acceptors (Lipinski definition) is 6. The second kappa shape index (κ2) is 13.0. The van der Waals surface area contributed by atoms with E-state index in [0.29, 0.717) is 37.0 Å². The van der Waals surface area contributed by atoms with Gasteiger partial charge in [-0.05, 0) is 46.5 Å². The van der Waals surface area contributed by atoms with Crippen LogP contribution in [0.15, 0.2) is 146 Å². The van der Waals surface area contributed by atoms with Crippen LogP contribution >= 0.6 is 0 Å². The molecule has 0 aliphatic carbocycles. The molecule has 0 spiro atoms. The predicted octanol–water partition coefficient (Wildman–Crippen LogP) is 7.27. The van der Waals surface area contributed by atoms with E-state index in [1.54, 1.807) is 34.3 Å². The number of carbonyl (C=O) groups is 4. The largest absolute Gasteiger partial charge is 0.276 e. The summed E-state index contributed by atoms with van der Waals surface area (Å²) in [5.41, 5.74) is 4.82. The highest BCUT2D eigenvalue weighted by atomic mass is 16.2. The Kier molecular flexibility index (Phi) is 8.08. The third kappa shape index (κ3) is 5.56. The molecule has 2 heterocycles. The number of imide groups is 2. The Morgan fingerprint density at radius 3 is 0.760 bits per heavy atom. The monoisotopic (exact) mass is 656 g/mol. The predicted molar refractivity (Wildman–Crippen MR) is 189 cm³/mol. The smallest absolute Gasteiger partial charge is 0.267 e. The van der Waals surface area contributed by atoms with Gasteiger partial charge in [-0.3, -0.25) is 19.2 Å². The van der Waals surface area contributed by atoms with E-state index in [4.69, 9.17) is 0 Å². The lowest BCUT2D eigenvalue weighted by molar-refractivity contribution is -0.0136. The van der Waals surface area contributed by atoms with Crippen LogP contribution in [0, 0.1) is 0 Å². The lowest BCUT2D eigenvalue weighted by Gasteiger charge is -2.39. The molecule has 0 bridgehead atoms. The highest BCUT2D eigenvalue weighted by Gasteiger charge is 2.43. The van der Waals surface area contributed by atoms with Crippen molar-refractivity contribution in [3.05, 3.63) is 190 Å². The van der Waals surface area contributed by atoms with E-state index in [9.17, 15) is 19.2 Å². The number of nitrogens with zero attached hydrogens (tertiary/aromatic N) is 4. The van der Waals surface area contributed by atoms with E-state index in [1.807, 2.05) is 121 Å². The van der Waals surface area contributed by atoms with E-state index in [0.717, 1.165) is 22.3 Å². The van der Waals surface area contributed by atoms with Gasteiger partial charge in [-0.1, -0.05) is 121 Å². The van der Waals surface area contributed by atoms with Crippen molar-refractivity contribution in [1.82, 2.24) is 20.0 Å². The number of carbonyl (C=O) groups excluding carboxylic acids is 4. The average Bonchev–Trinajstić information content (AvgIpc) is 3.14. The molecular formula is C42H32N4O4. The van der Waals surface area contributed by atoms with Crippen LogP contribution in [-0.2, 0) is 26.2 Å². The van der Waals surface area contributed by atoms with Gasteiger partial charge in [-0.25, -0.2) is 20.0 Å². The van der Waals surface area contributed by atoms with Crippen LogP contribution in [0.5, 0.6) is 0 Å². The fraction of sp³-hybridized carbons (Fsp3) is 0.0952. The van der Waals surface area contributed by atoms with E-state index in [1.165, 1.54) is 10.0 Å². The van der Waals surface area contributed by atoms with Crippen molar-refractivity contribution in [2.24, 2.45) is 0 Å². The average molecular weight is 657 g/mol. The summed E-state index contributed by atoms with van der Waals surface area (Å²) in [4.78, 5) is 57.5. The molecule has 0 saturated carbocycles. The summed E-state index contributed by atoms with van der Waals surface area (Å²) in [5, 5.41) is 6.59. The molecular weight excluding hydrogens is 624 g/mol. The number of benzene rings is 6. The van der Waals surface area contributed by atoms with Crippen LogP contribution < -0.4 is 0 Å². The first kappa shape index (κ1) is 31.1. The van der Waals surface area contributed by atoms with Gasteiger partial charge in [0.1, 0.15) is 0 Å². The topological polar surface area (TPSA) is 81.2 Å². The first-order valence-corrected chi connectivity index (χ1v) is 16.5.